The molecule has 0 radical (unpaired) electrons. The van der Waals surface area contributed by atoms with Crippen LogP contribution in [0.5, 0.6) is 0 Å². The molecule has 0 bridgehead atoms. The zero-order valence-electron chi connectivity index (χ0n) is 9.48. The summed E-state index contributed by atoms with van der Waals surface area (Å²) < 4.78 is 0. The lowest BCUT2D eigenvalue weighted by Crippen LogP contribution is -2.50. The van der Waals surface area contributed by atoms with Gasteiger partial charge in [0.1, 0.15) is 0 Å². The highest BCUT2D eigenvalue weighted by molar-refractivity contribution is 5.78. The number of nitrogens with zero attached hydrogens (tertiary/aromatic N) is 2. The Balaban J connectivity index is 1.88. The molecule has 4 heteroatoms. The van der Waals surface area contributed by atoms with Crippen LogP contribution >= 0.6 is 0 Å². The summed E-state index contributed by atoms with van der Waals surface area (Å²) >= 11 is 0. The molecule has 1 aliphatic carbocycles. The van der Waals surface area contributed by atoms with E-state index >= 15 is 0 Å². The quantitative estimate of drug-likeness (QED) is 0.716. The Hall–Kier alpha value is -0.610. The summed E-state index contributed by atoms with van der Waals surface area (Å²) in [6.07, 6.45) is 5.00. The van der Waals surface area contributed by atoms with Gasteiger partial charge in [-0.15, -0.1) is 0 Å². The molecule has 0 aromatic carbocycles. The van der Waals surface area contributed by atoms with Crippen molar-refractivity contribution in [1.29, 1.82) is 0 Å². The maximum absolute atomic E-state index is 11.5. The Morgan fingerprint density at radius 1 is 1.40 bits per heavy atom. The fourth-order valence-corrected chi connectivity index (χ4v) is 2.42. The summed E-state index contributed by atoms with van der Waals surface area (Å²) in [4.78, 5) is 15.9. The average molecular weight is 211 g/mol. The third-order valence-electron chi connectivity index (χ3n) is 3.62. The number of rotatable bonds is 3. The first kappa shape index (κ1) is 10.9. The number of likely N-dealkylation sites (tertiary alicyclic amines) is 1. The Labute approximate surface area is 91.4 Å². The van der Waals surface area contributed by atoms with Gasteiger partial charge in [-0.3, -0.25) is 9.69 Å². The monoisotopic (exact) mass is 211 g/mol. The Morgan fingerprint density at radius 2 is 2.13 bits per heavy atom. The molecule has 0 unspecified atom stereocenters. The molecule has 1 heterocycles. The van der Waals surface area contributed by atoms with Gasteiger partial charge in [-0.2, -0.15) is 0 Å². The highest BCUT2D eigenvalue weighted by Gasteiger charge is 2.33. The largest absolute Gasteiger partial charge is 0.340 e. The average Bonchev–Trinajstić information content (AvgIpc) is 3.11. The Kier molecular flexibility index (Phi) is 3.26. The highest BCUT2D eigenvalue weighted by Crippen LogP contribution is 2.29. The first-order chi connectivity index (χ1) is 7.22. The minimum atomic E-state index is 0.101. The van der Waals surface area contributed by atoms with E-state index in [-0.39, 0.29) is 12.5 Å². The lowest BCUT2D eigenvalue weighted by Gasteiger charge is -2.37. The van der Waals surface area contributed by atoms with Crippen molar-refractivity contribution in [2.24, 2.45) is 5.73 Å². The molecule has 86 valence electrons. The van der Waals surface area contributed by atoms with Gasteiger partial charge in [-0.25, -0.2) is 0 Å². The van der Waals surface area contributed by atoms with Crippen molar-refractivity contribution in [3.8, 4) is 0 Å². The summed E-state index contributed by atoms with van der Waals surface area (Å²) in [6, 6.07) is 1.34. The fraction of sp³-hybridized carbons (Fsp3) is 0.909. The fourth-order valence-electron chi connectivity index (χ4n) is 2.42. The Morgan fingerprint density at radius 3 is 2.73 bits per heavy atom. The molecule has 1 saturated heterocycles. The molecule has 2 N–H and O–H groups in total. The van der Waals surface area contributed by atoms with E-state index in [1.54, 1.807) is 0 Å². The lowest BCUT2D eigenvalue weighted by molar-refractivity contribution is -0.131. The lowest BCUT2D eigenvalue weighted by atomic mass is 10.0. The van der Waals surface area contributed by atoms with E-state index in [1.807, 2.05) is 4.90 Å². The summed E-state index contributed by atoms with van der Waals surface area (Å²) in [5.74, 6) is 0.101. The van der Waals surface area contributed by atoms with Crippen LogP contribution in [0.4, 0.5) is 0 Å². The van der Waals surface area contributed by atoms with Crippen LogP contribution in [0.15, 0.2) is 0 Å². The molecule has 1 amide bonds. The van der Waals surface area contributed by atoms with E-state index < -0.39 is 0 Å². The first-order valence-corrected chi connectivity index (χ1v) is 5.92. The van der Waals surface area contributed by atoms with Gasteiger partial charge in [-0.1, -0.05) is 0 Å². The number of carbonyl (C=O) groups is 1. The maximum atomic E-state index is 11.5. The molecule has 2 aliphatic rings. The van der Waals surface area contributed by atoms with Gasteiger partial charge in [0, 0.05) is 25.2 Å². The van der Waals surface area contributed by atoms with Gasteiger partial charge >= 0.3 is 0 Å². The van der Waals surface area contributed by atoms with Gasteiger partial charge in [0.25, 0.3) is 0 Å². The predicted octanol–water partition coefficient (Wildman–Crippen LogP) is 0.0303. The smallest absolute Gasteiger partial charge is 0.236 e. The SMILES string of the molecule is CN(C1CC1)[C@@H]1CCCN(C(=O)CN)C1. The van der Waals surface area contributed by atoms with Crippen molar-refractivity contribution in [1.82, 2.24) is 9.80 Å². The van der Waals surface area contributed by atoms with Crippen molar-refractivity contribution < 1.29 is 4.79 Å². The van der Waals surface area contributed by atoms with Crippen LogP contribution < -0.4 is 5.73 Å². The second-order valence-electron chi connectivity index (χ2n) is 4.74. The molecule has 4 nitrogen and oxygen atoms in total. The van der Waals surface area contributed by atoms with Crippen molar-refractivity contribution in [2.75, 3.05) is 26.7 Å². The Bertz CT molecular complexity index is 240. The molecule has 2 fully saturated rings. The van der Waals surface area contributed by atoms with Crippen molar-refractivity contribution >= 4 is 5.91 Å². The standard InChI is InChI=1S/C11H21N3O/c1-13(9-4-5-9)10-3-2-6-14(8-10)11(15)7-12/h9-10H,2-8,12H2,1H3/t10-/m1/s1. The van der Waals surface area contributed by atoms with Crippen molar-refractivity contribution in [3.05, 3.63) is 0 Å². The number of amides is 1. The first-order valence-electron chi connectivity index (χ1n) is 5.92. The molecule has 15 heavy (non-hydrogen) atoms. The van der Waals surface area contributed by atoms with Gasteiger partial charge in [0.05, 0.1) is 6.54 Å². The molecular formula is C11H21N3O. The highest BCUT2D eigenvalue weighted by atomic mass is 16.2. The zero-order valence-corrected chi connectivity index (χ0v) is 9.48. The van der Waals surface area contributed by atoms with E-state index in [9.17, 15) is 4.79 Å². The van der Waals surface area contributed by atoms with Gasteiger partial charge in [0.2, 0.25) is 5.91 Å². The number of hydrogen-bond acceptors (Lipinski definition) is 3. The summed E-state index contributed by atoms with van der Waals surface area (Å²) in [5, 5.41) is 0. The molecule has 0 aromatic rings. The molecule has 0 spiro atoms. The van der Waals surface area contributed by atoms with E-state index in [0.717, 1.165) is 25.6 Å². The van der Waals surface area contributed by atoms with Gasteiger partial charge < -0.3 is 10.6 Å². The van der Waals surface area contributed by atoms with Crippen LogP contribution in [-0.4, -0.2) is 54.5 Å². The second-order valence-corrected chi connectivity index (χ2v) is 4.74. The second kappa shape index (κ2) is 4.49. The third-order valence-corrected chi connectivity index (χ3v) is 3.62. The number of hydrogen-bond donors (Lipinski definition) is 1. The molecule has 2 rings (SSSR count). The number of carbonyl (C=O) groups excluding carboxylic acids is 1. The summed E-state index contributed by atoms with van der Waals surface area (Å²) in [5.41, 5.74) is 5.39. The zero-order chi connectivity index (χ0) is 10.8. The molecule has 1 aliphatic heterocycles. The summed E-state index contributed by atoms with van der Waals surface area (Å²) in [6.45, 7) is 1.92. The van der Waals surface area contributed by atoms with Crippen LogP contribution in [0.2, 0.25) is 0 Å². The number of likely N-dealkylation sites (N-methyl/N-ethyl adjacent to an activating group) is 1. The number of piperidine rings is 1. The van der Waals surface area contributed by atoms with E-state index in [0.29, 0.717) is 6.04 Å². The number of nitrogens with two attached hydrogens (primary N) is 1. The van der Waals surface area contributed by atoms with Crippen LogP contribution in [-0.2, 0) is 4.79 Å². The minimum absolute atomic E-state index is 0.101. The topological polar surface area (TPSA) is 49.6 Å². The van der Waals surface area contributed by atoms with Gasteiger partial charge in [-0.05, 0) is 32.7 Å². The normalized spacial score (nSPS) is 27.1. The maximum Gasteiger partial charge on any atom is 0.236 e. The molecule has 0 aromatic heterocycles. The molecular weight excluding hydrogens is 190 g/mol. The van der Waals surface area contributed by atoms with Crippen molar-refractivity contribution in [2.45, 2.75) is 37.8 Å². The van der Waals surface area contributed by atoms with E-state index in [2.05, 4.69) is 11.9 Å². The predicted molar refractivity (Wildman–Crippen MR) is 59.4 cm³/mol. The summed E-state index contributed by atoms with van der Waals surface area (Å²) in [7, 11) is 2.19. The van der Waals surface area contributed by atoms with Crippen LogP contribution in [0.25, 0.3) is 0 Å². The van der Waals surface area contributed by atoms with E-state index in [1.165, 1.54) is 19.3 Å². The third kappa shape index (κ3) is 2.49. The molecule has 1 saturated carbocycles. The van der Waals surface area contributed by atoms with Gasteiger partial charge in [0.15, 0.2) is 0 Å². The van der Waals surface area contributed by atoms with Crippen LogP contribution in [0, 0.1) is 0 Å². The van der Waals surface area contributed by atoms with Crippen LogP contribution in [0.3, 0.4) is 0 Å². The van der Waals surface area contributed by atoms with Crippen LogP contribution in [0.1, 0.15) is 25.7 Å². The van der Waals surface area contributed by atoms with E-state index in [4.69, 9.17) is 5.73 Å². The van der Waals surface area contributed by atoms with Crippen molar-refractivity contribution in [3.63, 3.8) is 0 Å². The molecule has 1 atom stereocenters. The minimum Gasteiger partial charge on any atom is -0.340 e.